The lowest BCUT2D eigenvalue weighted by atomic mass is 10.1. The number of anilines is 3. The average molecular weight is 399 g/mol. The summed E-state index contributed by atoms with van der Waals surface area (Å²) in [7, 11) is -3.77. The van der Waals surface area contributed by atoms with Crippen LogP contribution in [0.25, 0.3) is 0 Å². The SMILES string of the molecule is O=C1CCCc2cc(NS(=O)(=O)c3ccc4c(c3)CCCC(=O)N4)ccc2N1. The lowest BCUT2D eigenvalue weighted by molar-refractivity contribution is -0.117. The Hall–Kier alpha value is -2.87. The summed E-state index contributed by atoms with van der Waals surface area (Å²) >= 11 is 0. The predicted molar refractivity (Wildman–Crippen MR) is 107 cm³/mol. The summed E-state index contributed by atoms with van der Waals surface area (Å²) in [6, 6.07) is 9.89. The molecule has 2 heterocycles. The molecule has 0 unspecified atom stereocenters. The van der Waals surface area contributed by atoms with Crippen LogP contribution in [-0.2, 0) is 32.5 Å². The summed E-state index contributed by atoms with van der Waals surface area (Å²) < 4.78 is 28.3. The fourth-order valence-corrected chi connectivity index (χ4v) is 4.67. The van der Waals surface area contributed by atoms with E-state index in [1.807, 2.05) is 0 Å². The molecule has 0 aliphatic carbocycles. The number of sulfonamides is 1. The summed E-state index contributed by atoms with van der Waals surface area (Å²) in [5.41, 5.74) is 3.58. The molecule has 0 radical (unpaired) electrons. The fraction of sp³-hybridized carbons (Fsp3) is 0.300. The van der Waals surface area contributed by atoms with Gasteiger partial charge in [-0.1, -0.05) is 0 Å². The number of carbonyl (C=O) groups is 2. The summed E-state index contributed by atoms with van der Waals surface area (Å²) in [6.45, 7) is 0. The van der Waals surface area contributed by atoms with E-state index in [1.54, 1.807) is 30.3 Å². The van der Waals surface area contributed by atoms with Crippen LogP contribution in [0.5, 0.6) is 0 Å². The maximum absolute atomic E-state index is 12.9. The van der Waals surface area contributed by atoms with E-state index in [9.17, 15) is 18.0 Å². The molecule has 8 heteroatoms. The summed E-state index contributed by atoms with van der Waals surface area (Å²) in [6.07, 6.45) is 3.66. The van der Waals surface area contributed by atoms with E-state index < -0.39 is 10.0 Å². The van der Waals surface area contributed by atoms with E-state index in [0.717, 1.165) is 23.2 Å². The van der Waals surface area contributed by atoms with Gasteiger partial charge in [0.2, 0.25) is 11.8 Å². The normalized spacial score (nSPS) is 16.7. The van der Waals surface area contributed by atoms with E-state index in [1.165, 1.54) is 6.07 Å². The van der Waals surface area contributed by atoms with E-state index in [0.29, 0.717) is 43.5 Å². The third-order valence-electron chi connectivity index (χ3n) is 4.99. The van der Waals surface area contributed by atoms with Crippen molar-refractivity contribution in [3.63, 3.8) is 0 Å². The highest BCUT2D eigenvalue weighted by atomic mass is 32.2. The first-order valence-corrected chi connectivity index (χ1v) is 10.8. The van der Waals surface area contributed by atoms with Crippen LogP contribution in [-0.4, -0.2) is 20.2 Å². The zero-order chi connectivity index (χ0) is 19.7. The van der Waals surface area contributed by atoms with Gasteiger partial charge >= 0.3 is 0 Å². The Morgan fingerprint density at radius 1 is 0.750 bits per heavy atom. The highest BCUT2D eigenvalue weighted by molar-refractivity contribution is 7.92. The number of hydrogen-bond acceptors (Lipinski definition) is 4. The van der Waals surface area contributed by atoms with Crippen molar-refractivity contribution in [2.75, 3.05) is 15.4 Å². The van der Waals surface area contributed by atoms with E-state index in [4.69, 9.17) is 0 Å². The van der Waals surface area contributed by atoms with Gasteiger partial charge in [-0.15, -0.1) is 0 Å². The van der Waals surface area contributed by atoms with Gasteiger partial charge in [0.05, 0.1) is 4.90 Å². The molecular weight excluding hydrogens is 378 g/mol. The Kier molecular flexibility index (Phi) is 4.80. The smallest absolute Gasteiger partial charge is 0.261 e. The third-order valence-corrected chi connectivity index (χ3v) is 6.37. The van der Waals surface area contributed by atoms with Crippen molar-refractivity contribution in [2.24, 2.45) is 0 Å². The van der Waals surface area contributed by atoms with Gasteiger partial charge in [-0.3, -0.25) is 14.3 Å². The molecule has 2 aliphatic heterocycles. The number of benzene rings is 2. The van der Waals surface area contributed by atoms with Gasteiger partial charge in [-0.2, -0.15) is 0 Å². The van der Waals surface area contributed by atoms with E-state index in [2.05, 4.69) is 15.4 Å². The minimum Gasteiger partial charge on any atom is -0.326 e. The van der Waals surface area contributed by atoms with Crippen molar-refractivity contribution < 1.29 is 18.0 Å². The second kappa shape index (κ2) is 7.27. The number of amides is 2. The summed E-state index contributed by atoms with van der Waals surface area (Å²) in [5.74, 6) is -0.0753. The van der Waals surface area contributed by atoms with Gasteiger partial charge < -0.3 is 10.6 Å². The summed E-state index contributed by atoms with van der Waals surface area (Å²) in [5, 5.41) is 5.64. The zero-order valence-electron chi connectivity index (χ0n) is 15.2. The number of aryl methyl sites for hydroxylation is 2. The lowest BCUT2D eigenvalue weighted by Crippen LogP contribution is -2.14. The lowest BCUT2D eigenvalue weighted by Gasteiger charge is -2.13. The fourth-order valence-electron chi connectivity index (χ4n) is 3.57. The van der Waals surface area contributed by atoms with Crippen LogP contribution in [0.1, 0.15) is 36.8 Å². The van der Waals surface area contributed by atoms with Crippen molar-refractivity contribution >= 4 is 38.9 Å². The molecule has 2 aliphatic rings. The Morgan fingerprint density at radius 2 is 1.32 bits per heavy atom. The van der Waals surface area contributed by atoms with Crippen LogP contribution in [0.2, 0.25) is 0 Å². The molecule has 0 aromatic heterocycles. The van der Waals surface area contributed by atoms with Crippen LogP contribution in [0, 0.1) is 0 Å². The molecule has 2 aromatic rings. The maximum atomic E-state index is 12.9. The van der Waals surface area contributed by atoms with Gasteiger partial charge in [0.1, 0.15) is 0 Å². The van der Waals surface area contributed by atoms with E-state index in [-0.39, 0.29) is 16.7 Å². The van der Waals surface area contributed by atoms with Crippen LogP contribution in [0.15, 0.2) is 41.3 Å². The van der Waals surface area contributed by atoms with Crippen LogP contribution < -0.4 is 15.4 Å². The molecule has 0 saturated heterocycles. The molecule has 0 fully saturated rings. The molecular formula is C20H21N3O4S. The highest BCUT2D eigenvalue weighted by Gasteiger charge is 2.20. The standard InChI is InChI=1S/C20H21N3O4S/c24-19-5-1-3-13-11-15(7-9-17(13)21-19)23-28(26,27)16-8-10-18-14(12-16)4-2-6-20(25)22-18/h7-12,23H,1-6H2,(H,21,24)(H,22,25). The molecule has 28 heavy (non-hydrogen) atoms. The van der Waals surface area contributed by atoms with Crippen molar-refractivity contribution in [3.05, 3.63) is 47.5 Å². The first kappa shape index (κ1) is 18.5. The molecule has 146 valence electrons. The van der Waals surface area contributed by atoms with Crippen molar-refractivity contribution in [1.29, 1.82) is 0 Å². The molecule has 2 amide bonds. The Labute approximate surface area is 163 Å². The Morgan fingerprint density at radius 3 is 1.96 bits per heavy atom. The summed E-state index contributed by atoms with van der Waals surface area (Å²) in [4.78, 5) is 23.5. The number of rotatable bonds is 3. The van der Waals surface area contributed by atoms with Crippen LogP contribution >= 0.6 is 0 Å². The van der Waals surface area contributed by atoms with Crippen molar-refractivity contribution in [3.8, 4) is 0 Å². The minimum atomic E-state index is -3.77. The van der Waals surface area contributed by atoms with Crippen molar-refractivity contribution in [2.45, 2.75) is 43.4 Å². The molecule has 0 saturated carbocycles. The molecule has 0 atom stereocenters. The Bertz CT molecular complexity index is 1060. The molecule has 4 rings (SSSR count). The van der Waals surface area contributed by atoms with Crippen molar-refractivity contribution in [1.82, 2.24) is 0 Å². The number of hydrogen-bond donors (Lipinski definition) is 3. The predicted octanol–water partition coefficient (Wildman–Crippen LogP) is 3.04. The van der Waals surface area contributed by atoms with Crippen LogP contribution in [0.3, 0.4) is 0 Å². The van der Waals surface area contributed by atoms with Gasteiger partial charge in [-0.25, -0.2) is 8.42 Å². The second-order valence-electron chi connectivity index (χ2n) is 7.10. The highest BCUT2D eigenvalue weighted by Crippen LogP contribution is 2.29. The monoisotopic (exact) mass is 399 g/mol. The maximum Gasteiger partial charge on any atom is 0.261 e. The molecule has 0 spiro atoms. The molecule has 3 N–H and O–H groups in total. The van der Waals surface area contributed by atoms with Gasteiger partial charge in [-0.05, 0) is 73.2 Å². The van der Waals surface area contributed by atoms with Gasteiger partial charge in [0, 0.05) is 29.9 Å². The average Bonchev–Trinajstić information content (AvgIpc) is 2.94. The van der Waals surface area contributed by atoms with Crippen LogP contribution in [0.4, 0.5) is 17.1 Å². The molecule has 2 aromatic carbocycles. The molecule has 7 nitrogen and oxygen atoms in total. The Balaban J connectivity index is 1.60. The first-order chi connectivity index (χ1) is 13.4. The largest absolute Gasteiger partial charge is 0.326 e. The van der Waals surface area contributed by atoms with Gasteiger partial charge in [0.25, 0.3) is 10.0 Å². The number of fused-ring (bicyclic) bond motifs is 2. The number of nitrogens with one attached hydrogen (secondary N) is 3. The first-order valence-electron chi connectivity index (χ1n) is 9.29. The minimum absolute atomic E-state index is 0.0239. The second-order valence-corrected chi connectivity index (χ2v) is 8.78. The zero-order valence-corrected chi connectivity index (χ0v) is 16.1. The molecule has 0 bridgehead atoms. The van der Waals surface area contributed by atoms with E-state index >= 15 is 0 Å². The van der Waals surface area contributed by atoms with Gasteiger partial charge in [0.15, 0.2) is 0 Å². The third kappa shape index (κ3) is 3.87. The quantitative estimate of drug-likeness (QED) is 0.738. The number of carbonyl (C=O) groups excluding carboxylic acids is 2. The topological polar surface area (TPSA) is 104 Å².